The number of rotatable bonds is 5. The minimum Gasteiger partial charge on any atom is -0.455 e. The van der Waals surface area contributed by atoms with Crippen LogP contribution in [0.15, 0.2) is 209 Å². The molecule has 0 atom stereocenters. The molecule has 0 aliphatic heterocycles. The van der Waals surface area contributed by atoms with Crippen molar-refractivity contribution in [2.24, 2.45) is 0 Å². The van der Waals surface area contributed by atoms with Gasteiger partial charge in [0.05, 0.1) is 22.1 Å². The van der Waals surface area contributed by atoms with Gasteiger partial charge in [-0.3, -0.25) is 0 Å². The minimum atomic E-state index is 0.576. The molecule has 9 aromatic carbocycles. The van der Waals surface area contributed by atoms with Crippen molar-refractivity contribution in [3.05, 3.63) is 200 Å². The highest BCUT2D eigenvalue weighted by Gasteiger charge is 2.22. The Kier molecular flexibility index (Phi) is 6.95. The zero-order chi connectivity index (χ0) is 39.3. The molecule has 13 rings (SSSR count). The van der Waals surface area contributed by atoms with Crippen molar-refractivity contribution in [1.29, 1.82) is 0 Å². The molecule has 0 saturated carbocycles. The monoisotopic (exact) mass is 767 g/mol. The van der Waals surface area contributed by atoms with Crippen LogP contribution >= 0.6 is 0 Å². The predicted octanol–water partition coefficient (Wildman–Crippen LogP) is 14.9. The van der Waals surface area contributed by atoms with Crippen LogP contribution in [0.2, 0.25) is 0 Å². The maximum absolute atomic E-state index is 6.73. The molecular formula is C55H33N3O2. The molecular weight excluding hydrogens is 735 g/mol. The molecule has 0 saturated heterocycles. The van der Waals surface area contributed by atoms with Gasteiger partial charge in [0.25, 0.3) is 0 Å². The van der Waals surface area contributed by atoms with Crippen molar-refractivity contribution < 1.29 is 8.83 Å². The predicted molar refractivity (Wildman–Crippen MR) is 246 cm³/mol. The maximum Gasteiger partial charge on any atom is 0.227 e. The SMILES string of the molecule is c1ccc(-c2nc3c(-c4cc(-n5c6ccccc6c6ccccc65)cc(-n5c6ccccc6c6ccccc65)c4)cc(-c4cccc5c4oc4ccccc45)cc3o2)cc1. The lowest BCUT2D eigenvalue weighted by Crippen LogP contribution is -2.00. The molecule has 0 unspecified atom stereocenters. The van der Waals surface area contributed by atoms with Crippen LogP contribution in [0.5, 0.6) is 0 Å². The maximum atomic E-state index is 6.73. The van der Waals surface area contributed by atoms with Gasteiger partial charge in [-0.2, -0.15) is 0 Å². The fraction of sp³-hybridized carbons (Fsp3) is 0. The van der Waals surface area contributed by atoms with E-state index in [9.17, 15) is 0 Å². The zero-order valence-electron chi connectivity index (χ0n) is 32.2. The van der Waals surface area contributed by atoms with E-state index >= 15 is 0 Å². The molecule has 60 heavy (non-hydrogen) atoms. The van der Waals surface area contributed by atoms with Gasteiger partial charge in [-0.05, 0) is 83.9 Å². The number of furan rings is 1. The van der Waals surface area contributed by atoms with Crippen molar-refractivity contribution in [2.45, 2.75) is 0 Å². The van der Waals surface area contributed by atoms with Gasteiger partial charge in [0, 0.05) is 60.4 Å². The fourth-order valence-corrected chi connectivity index (χ4v) is 9.49. The van der Waals surface area contributed by atoms with Crippen LogP contribution in [0, 0.1) is 0 Å². The lowest BCUT2D eigenvalue weighted by atomic mass is 9.95. The molecule has 5 heteroatoms. The Labute approximate surface area is 343 Å². The average molecular weight is 768 g/mol. The number of nitrogens with zero attached hydrogens (tertiary/aromatic N) is 3. The third-order valence-corrected chi connectivity index (χ3v) is 12.1. The second-order valence-electron chi connectivity index (χ2n) is 15.5. The first-order valence-electron chi connectivity index (χ1n) is 20.3. The largest absolute Gasteiger partial charge is 0.455 e. The van der Waals surface area contributed by atoms with Crippen LogP contribution in [-0.4, -0.2) is 14.1 Å². The van der Waals surface area contributed by atoms with E-state index < -0.39 is 0 Å². The highest BCUT2D eigenvalue weighted by molar-refractivity contribution is 6.12. The van der Waals surface area contributed by atoms with E-state index in [1.807, 2.05) is 42.5 Å². The fourth-order valence-electron chi connectivity index (χ4n) is 9.49. The summed E-state index contributed by atoms with van der Waals surface area (Å²) >= 11 is 0. The van der Waals surface area contributed by atoms with E-state index in [1.54, 1.807) is 0 Å². The lowest BCUT2D eigenvalue weighted by Gasteiger charge is -2.16. The standard InChI is InChI=1S/C55H33N3O2/c1-2-15-34(16-3-1)55-56-53-46(31-36(32-52(53)60-55)39-22-14-23-45-44-21-8-13-28-51(44)59-54(39)45)35-29-37(57-47-24-9-4-17-40(47)41-18-5-10-25-48(41)57)33-38(30-35)58-49-26-11-6-19-42(49)43-20-7-12-27-50(43)58/h1-33H. The van der Waals surface area contributed by atoms with Gasteiger partial charge in [0.15, 0.2) is 5.58 Å². The lowest BCUT2D eigenvalue weighted by molar-refractivity contribution is 0.620. The normalized spacial score (nSPS) is 12.0. The van der Waals surface area contributed by atoms with Crippen molar-refractivity contribution >= 4 is 76.6 Å². The van der Waals surface area contributed by atoms with E-state index in [-0.39, 0.29) is 0 Å². The Hall–Kier alpha value is -8.15. The summed E-state index contributed by atoms with van der Waals surface area (Å²) in [5.41, 5.74) is 14.8. The molecule has 4 aromatic heterocycles. The van der Waals surface area contributed by atoms with Crippen LogP contribution in [0.25, 0.3) is 122 Å². The van der Waals surface area contributed by atoms with E-state index in [2.05, 4.69) is 167 Å². The third kappa shape index (κ3) is 4.84. The average Bonchev–Trinajstić information content (AvgIpc) is 4.08. The van der Waals surface area contributed by atoms with Crippen LogP contribution in [-0.2, 0) is 0 Å². The summed E-state index contributed by atoms with van der Waals surface area (Å²) in [4.78, 5) is 5.27. The van der Waals surface area contributed by atoms with Gasteiger partial charge in [-0.15, -0.1) is 0 Å². The topological polar surface area (TPSA) is 49.0 Å². The highest BCUT2D eigenvalue weighted by atomic mass is 16.3. The molecule has 5 nitrogen and oxygen atoms in total. The van der Waals surface area contributed by atoms with Crippen molar-refractivity contribution in [1.82, 2.24) is 14.1 Å². The van der Waals surface area contributed by atoms with Gasteiger partial charge in [-0.1, -0.05) is 127 Å². The second kappa shape index (κ2) is 12.7. The number of oxazole rings is 1. The Morgan fingerprint density at radius 3 is 1.43 bits per heavy atom. The summed E-state index contributed by atoms with van der Waals surface area (Å²) < 4.78 is 18.2. The molecule has 0 amide bonds. The first-order valence-corrected chi connectivity index (χ1v) is 20.3. The van der Waals surface area contributed by atoms with Crippen LogP contribution in [0.4, 0.5) is 0 Å². The first kappa shape index (κ1) is 32.9. The first-order chi connectivity index (χ1) is 29.7. The summed E-state index contributed by atoms with van der Waals surface area (Å²) in [5.74, 6) is 0.576. The Morgan fingerprint density at radius 1 is 0.333 bits per heavy atom. The van der Waals surface area contributed by atoms with E-state index in [4.69, 9.17) is 13.8 Å². The Morgan fingerprint density at radius 2 is 0.833 bits per heavy atom. The van der Waals surface area contributed by atoms with E-state index in [0.717, 1.165) is 88.7 Å². The summed E-state index contributed by atoms with van der Waals surface area (Å²) in [6.45, 7) is 0. The molecule has 280 valence electrons. The number of aromatic nitrogens is 3. The van der Waals surface area contributed by atoms with E-state index in [1.165, 1.54) is 21.5 Å². The van der Waals surface area contributed by atoms with Crippen molar-refractivity contribution in [2.75, 3.05) is 0 Å². The molecule has 0 spiro atoms. The minimum absolute atomic E-state index is 0.576. The highest BCUT2D eigenvalue weighted by Crippen LogP contribution is 2.43. The van der Waals surface area contributed by atoms with Crippen LogP contribution < -0.4 is 0 Å². The molecule has 0 N–H and O–H groups in total. The summed E-state index contributed by atoms with van der Waals surface area (Å²) in [6, 6.07) is 70.9. The second-order valence-corrected chi connectivity index (χ2v) is 15.5. The Balaban J connectivity index is 1.15. The number of fused-ring (bicyclic) bond motifs is 10. The zero-order valence-corrected chi connectivity index (χ0v) is 32.2. The number of para-hydroxylation sites is 6. The molecule has 0 aliphatic rings. The number of hydrogen-bond acceptors (Lipinski definition) is 3. The molecule has 13 aromatic rings. The Bertz CT molecular complexity index is 3610. The smallest absolute Gasteiger partial charge is 0.227 e. The van der Waals surface area contributed by atoms with Gasteiger partial charge in [-0.25, -0.2) is 4.98 Å². The third-order valence-electron chi connectivity index (χ3n) is 12.1. The van der Waals surface area contributed by atoms with Gasteiger partial charge < -0.3 is 18.0 Å². The van der Waals surface area contributed by atoms with Crippen molar-refractivity contribution in [3.8, 4) is 45.1 Å². The van der Waals surface area contributed by atoms with Crippen LogP contribution in [0.1, 0.15) is 0 Å². The summed E-state index contributed by atoms with van der Waals surface area (Å²) in [5, 5.41) is 7.02. The molecule has 0 fully saturated rings. The molecule has 0 aliphatic carbocycles. The van der Waals surface area contributed by atoms with Crippen LogP contribution in [0.3, 0.4) is 0 Å². The van der Waals surface area contributed by atoms with Gasteiger partial charge in [0.1, 0.15) is 16.7 Å². The molecule has 0 bridgehead atoms. The van der Waals surface area contributed by atoms with E-state index in [0.29, 0.717) is 11.5 Å². The number of hydrogen-bond donors (Lipinski definition) is 0. The quantitative estimate of drug-likeness (QED) is 0.175. The molecule has 4 heterocycles. The van der Waals surface area contributed by atoms with Gasteiger partial charge in [0.2, 0.25) is 5.89 Å². The molecule has 0 radical (unpaired) electrons. The van der Waals surface area contributed by atoms with Gasteiger partial charge >= 0.3 is 0 Å². The summed E-state index contributed by atoms with van der Waals surface area (Å²) in [6.07, 6.45) is 0. The number of benzene rings is 9. The summed E-state index contributed by atoms with van der Waals surface area (Å²) in [7, 11) is 0. The van der Waals surface area contributed by atoms with Crippen molar-refractivity contribution in [3.63, 3.8) is 0 Å².